The molecule has 0 saturated carbocycles. The van der Waals surface area contributed by atoms with E-state index in [0.29, 0.717) is 12.2 Å². The molecule has 1 aromatic heterocycles. The van der Waals surface area contributed by atoms with Crippen molar-refractivity contribution in [3.05, 3.63) is 17.5 Å². The molecule has 0 spiro atoms. The van der Waals surface area contributed by atoms with E-state index in [4.69, 9.17) is 0 Å². The van der Waals surface area contributed by atoms with E-state index in [1.54, 1.807) is 0 Å². The zero-order valence-electron chi connectivity index (χ0n) is 12.0. The number of aromatic nitrogens is 2. The van der Waals surface area contributed by atoms with Crippen molar-refractivity contribution in [2.24, 2.45) is 0 Å². The lowest BCUT2D eigenvalue weighted by Crippen LogP contribution is -2.09. The minimum absolute atomic E-state index is 0.350. The Morgan fingerprint density at radius 3 is 2.61 bits per heavy atom. The highest BCUT2D eigenvalue weighted by molar-refractivity contribution is 5.80. The average molecular weight is 250 g/mol. The summed E-state index contributed by atoms with van der Waals surface area (Å²) in [6.45, 7) is 7.20. The second-order valence-electron chi connectivity index (χ2n) is 4.82. The summed E-state index contributed by atoms with van der Waals surface area (Å²) in [5, 5.41) is 4.47. The molecular formula is C15H26N2O. The van der Waals surface area contributed by atoms with Gasteiger partial charge in [0.2, 0.25) is 0 Å². The topological polar surface area (TPSA) is 34.9 Å². The molecule has 0 saturated heterocycles. The van der Waals surface area contributed by atoms with Crippen LogP contribution in [-0.4, -0.2) is 15.6 Å². The monoisotopic (exact) mass is 250 g/mol. The average Bonchev–Trinajstić information content (AvgIpc) is 2.77. The predicted molar refractivity (Wildman–Crippen MR) is 74.7 cm³/mol. The Morgan fingerprint density at radius 2 is 2.00 bits per heavy atom. The quantitative estimate of drug-likeness (QED) is 0.628. The number of aryl methyl sites for hydroxylation is 2. The van der Waals surface area contributed by atoms with Crippen LogP contribution in [0.3, 0.4) is 0 Å². The van der Waals surface area contributed by atoms with Crippen molar-refractivity contribution in [1.29, 1.82) is 0 Å². The molecule has 0 bridgehead atoms. The van der Waals surface area contributed by atoms with E-state index < -0.39 is 0 Å². The second-order valence-corrected chi connectivity index (χ2v) is 4.82. The normalized spacial score (nSPS) is 10.8. The summed E-state index contributed by atoms with van der Waals surface area (Å²) in [6, 6.07) is 2.08. The van der Waals surface area contributed by atoms with Crippen LogP contribution < -0.4 is 0 Å². The standard InChI is InChI=1S/C15H26N2O/c1-4-7-8-9-10-15(18)12-14-11-13(5-2)16-17(14)6-3/h11H,4-10,12H2,1-3H3. The van der Waals surface area contributed by atoms with Gasteiger partial charge in [-0.15, -0.1) is 0 Å². The molecule has 0 N–H and O–H groups in total. The van der Waals surface area contributed by atoms with Gasteiger partial charge in [0.05, 0.1) is 5.69 Å². The molecule has 0 atom stereocenters. The van der Waals surface area contributed by atoms with Crippen LogP contribution in [0, 0.1) is 0 Å². The minimum Gasteiger partial charge on any atom is -0.299 e. The number of rotatable bonds is 9. The molecule has 18 heavy (non-hydrogen) atoms. The lowest BCUT2D eigenvalue weighted by atomic mass is 10.1. The predicted octanol–water partition coefficient (Wildman–Crippen LogP) is 3.55. The molecule has 3 nitrogen and oxygen atoms in total. The van der Waals surface area contributed by atoms with E-state index in [1.165, 1.54) is 19.3 Å². The first kappa shape index (κ1) is 14.9. The Bertz CT molecular complexity index is 369. The van der Waals surface area contributed by atoms with Crippen LogP contribution in [0.2, 0.25) is 0 Å². The minimum atomic E-state index is 0.350. The third-order valence-electron chi connectivity index (χ3n) is 3.26. The molecule has 0 fully saturated rings. The number of carbonyl (C=O) groups excluding carboxylic acids is 1. The van der Waals surface area contributed by atoms with Crippen molar-refractivity contribution in [3.63, 3.8) is 0 Å². The van der Waals surface area contributed by atoms with Crippen LogP contribution in [0.25, 0.3) is 0 Å². The summed E-state index contributed by atoms with van der Waals surface area (Å²) in [5.74, 6) is 0.350. The number of ketones is 1. The number of hydrogen-bond acceptors (Lipinski definition) is 2. The third kappa shape index (κ3) is 4.63. The van der Waals surface area contributed by atoms with Crippen LogP contribution in [0.15, 0.2) is 6.07 Å². The summed E-state index contributed by atoms with van der Waals surface area (Å²) in [4.78, 5) is 11.9. The third-order valence-corrected chi connectivity index (χ3v) is 3.26. The first-order chi connectivity index (χ1) is 8.71. The highest BCUT2D eigenvalue weighted by atomic mass is 16.1. The Labute approximate surface area is 111 Å². The van der Waals surface area contributed by atoms with Gasteiger partial charge in [-0.2, -0.15) is 5.10 Å². The molecule has 3 heteroatoms. The fourth-order valence-corrected chi connectivity index (χ4v) is 2.14. The van der Waals surface area contributed by atoms with E-state index >= 15 is 0 Å². The first-order valence-corrected chi connectivity index (χ1v) is 7.28. The molecule has 1 aromatic rings. The van der Waals surface area contributed by atoms with Crippen molar-refractivity contribution < 1.29 is 4.79 Å². The van der Waals surface area contributed by atoms with Gasteiger partial charge < -0.3 is 0 Å². The lowest BCUT2D eigenvalue weighted by molar-refractivity contribution is -0.118. The number of hydrogen-bond donors (Lipinski definition) is 0. The summed E-state index contributed by atoms with van der Waals surface area (Å²) >= 11 is 0. The molecule has 0 aliphatic heterocycles. The van der Waals surface area contributed by atoms with Gasteiger partial charge in [0.1, 0.15) is 5.78 Å². The molecule has 0 aliphatic carbocycles. The van der Waals surface area contributed by atoms with E-state index in [9.17, 15) is 4.79 Å². The number of Topliss-reactive ketones (excluding diaryl/α,β-unsaturated/α-hetero) is 1. The summed E-state index contributed by atoms with van der Waals surface area (Å²) in [7, 11) is 0. The number of unbranched alkanes of at least 4 members (excludes halogenated alkanes) is 3. The maximum atomic E-state index is 11.9. The smallest absolute Gasteiger partial charge is 0.138 e. The fourth-order valence-electron chi connectivity index (χ4n) is 2.14. The molecule has 0 aliphatic rings. The molecule has 0 radical (unpaired) electrons. The van der Waals surface area contributed by atoms with Crippen molar-refractivity contribution in [2.75, 3.05) is 0 Å². The van der Waals surface area contributed by atoms with Crippen molar-refractivity contribution >= 4 is 5.78 Å². The van der Waals surface area contributed by atoms with Crippen molar-refractivity contribution in [2.45, 2.75) is 72.3 Å². The molecule has 1 heterocycles. The highest BCUT2D eigenvalue weighted by Gasteiger charge is 2.10. The first-order valence-electron chi connectivity index (χ1n) is 7.28. The zero-order valence-corrected chi connectivity index (χ0v) is 12.0. The Hall–Kier alpha value is -1.12. The number of nitrogens with zero attached hydrogens (tertiary/aromatic N) is 2. The van der Waals surface area contributed by atoms with Gasteiger partial charge in [-0.25, -0.2) is 0 Å². The van der Waals surface area contributed by atoms with Crippen LogP contribution >= 0.6 is 0 Å². The van der Waals surface area contributed by atoms with E-state index in [0.717, 1.165) is 37.2 Å². The van der Waals surface area contributed by atoms with Gasteiger partial charge >= 0.3 is 0 Å². The van der Waals surface area contributed by atoms with Crippen LogP contribution in [-0.2, 0) is 24.2 Å². The molecule has 0 amide bonds. The molecule has 0 aromatic carbocycles. The summed E-state index contributed by atoms with van der Waals surface area (Å²) in [5.41, 5.74) is 2.17. The van der Waals surface area contributed by atoms with Gasteiger partial charge in [-0.3, -0.25) is 9.48 Å². The number of carbonyl (C=O) groups is 1. The van der Waals surface area contributed by atoms with Gasteiger partial charge in [-0.05, 0) is 25.8 Å². The van der Waals surface area contributed by atoms with Gasteiger partial charge in [0, 0.05) is 25.1 Å². The Balaban J connectivity index is 2.45. The van der Waals surface area contributed by atoms with Crippen LogP contribution in [0.1, 0.15) is 64.3 Å². The summed E-state index contributed by atoms with van der Waals surface area (Å²) < 4.78 is 1.96. The van der Waals surface area contributed by atoms with E-state index in [-0.39, 0.29) is 0 Å². The Kier molecular flexibility index (Phi) is 6.69. The van der Waals surface area contributed by atoms with Crippen LogP contribution in [0.4, 0.5) is 0 Å². The van der Waals surface area contributed by atoms with E-state index in [1.807, 2.05) is 4.68 Å². The maximum Gasteiger partial charge on any atom is 0.138 e. The second kappa shape index (κ2) is 8.06. The van der Waals surface area contributed by atoms with Gasteiger partial charge in [0.25, 0.3) is 0 Å². The molecule has 102 valence electrons. The molecule has 1 rings (SSSR count). The van der Waals surface area contributed by atoms with E-state index in [2.05, 4.69) is 31.9 Å². The molecule has 0 unspecified atom stereocenters. The van der Waals surface area contributed by atoms with Crippen molar-refractivity contribution in [1.82, 2.24) is 9.78 Å². The lowest BCUT2D eigenvalue weighted by Gasteiger charge is -2.04. The van der Waals surface area contributed by atoms with Crippen molar-refractivity contribution in [3.8, 4) is 0 Å². The molecular weight excluding hydrogens is 224 g/mol. The van der Waals surface area contributed by atoms with Crippen LogP contribution in [0.5, 0.6) is 0 Å². The Morgan fingerprint density at radius 1 is 1.22 bits per heavy atom. The maximum absolute atomic E-state index is 11.9. The SMILES string of the molecule is CCCCCCC(=O)Cc1cc(CC)nn1CC. The fraction of sp³-hybridized carbons (Fsp3) is 0.733. The largest absolute Gasteiger partial charge is 0.299 e. The highest BCUT2D eigenvalue weighted by Crippen LogP contribution is 2.10. The van der Waals surface area contributed by atoms with Gasteiger partial charge in [-0.1, -0.05) is 33.1 Å². The zero-order chi connectivity index (χ0) is 13.4. The summed E-state index contributed by atoms with van der Waals surface area (Å²) in [6.07, 6.45) is 6.87. The van der Waals surface area contributed by atoms with Gasteiger partial charge in [0.15, 0.2) is 0 Å².